The number of amides is 1. The zero-order valence-corrected chi connectivity index (χ0v) is 13.1. The molecule has 1 heterocycles. The van der Waals surface area contributed by atoms with Gasteiger partial charge in [-0.2, -0.15) is 0 Å². The summed E-state index contributed by atoms with van der Waals surface area (Å²) in [7, 11) is 1.73. The molecule has 1 atom stereocenters. The van der Waals surface area contributed by atoms with E-state index in [4.69, 9.17) is 10.5 Å². The molecule has 0 radical (unpaired) electrons. The molecular formula is C15H31N3O2. The number of nitrogens with zero attached hydrogens (tertiary/aromatic N) is 2. The number of ether oxygens (including phenoxy) is 1. The summed E-state index contributed by atoms with van der Waals surface area (Å²) in [6.45, 7) is 8.41. The van der Waals surface area contributed by atoms with Crippen LogP contribution in [0.25, 0.3) is 0 Å². The molecule has 5 nitrogen and oxygen atoms in total. The van der Waals surface area contributed by atoms with Crippen LogP contribution in [0.4, 0.5) is 0 Å². The molecule has 0 bridgehead atoms. The van der Waals surface area contributed by atoms with Crippen molar-refractivity contribution in [1.29, 1.82) is 0 Å². The van der Waals surface area contributed by atoms with Crippen LogP contribution in [0.15, 0.2) is 0 Å². The Morgan fingerprint density at radius 2 is 2.05 bits per heavy atom. The first-order valence-corrected chi connectivity index (χ1v) is 7.86. The quantitative estimate of drug-likeness (QED) is 0.721. The molecule has 0 spiro atoms. The Kier molecular flexibility index (Phi) is 8.82. The van der Waals surface area contributed by atoms with Gasteiger partial charge < -0.3 is 15.4 Å². The highest BCUT2D eigenvalue weighted by Crippen LogP contribution is 2.12. The van der Waals surface area contributed by atoms with Crippen molar-refractivity contribution in [3.05, 3.63) is 0 Å². The molecule has 0 aromatic carbocycles. The van der Waals surface area contributed by atoms with Crippen molar-refractivity contribution in [3.63, 3.8) is 0 Å². The molecule has 5 heteroatoms. The molecule has 20 heavy (non-hydrogen) atoms. The van der Waals surface area contributed by atoms with Gasteiger partial charge >= 0.3 is 0 Å². The number of carbonyl (C=O) groups excluding carboxylic acids is 1. The Balaban J connectivity index is 2.27. The van der Waals surface area contributed by atoms with Gasteiger partial charge in [-0.05, 0) is 38.3 Å². The van der Waals surface area contributed by atoms with E-state index in [-0.39, 0.29) is 0 Å². The van der Waals surface area contributed by atoms with Crippen molar-refractivity contribution in [2.75, 3.05) is 53.0 Å². The average Bonchev–Trinajstić information content (AvgIpc) is 2.68. The van der Waals surface area contributed by atoms with E-state index in [1.54, 1.807) is 7.11 Å². The van der Waals surface area contributed by atoms with Gasteiger partial charge in [0.25, 0.3) is 0 Å². The van der Waals surface area contributed by atoms with E-state index in [9.17, 15) is 4.79 Å². The molecule has 2 N–H and O–H groups in total. The predicted octanol–water partition coefficient (Wildman–Crippen LogP) is 0.932. The van der Waals surface area contributed by atoms with Gasteiger partial charge in [-0.3, -0.25) is 9.69 Å². The van der Waals surface area contributed by atoms with Crippen molar-refractivity contribution in [3.8, 4) is 0 Å². The maximum Gasteiger partial charge on any atom is 0.222 e. The molecular weight excluding hydrogens is 254 g/mol. The lowest BCUT2D eigenvalue weighted by Crippen LogP contribution is -2.36. The van der Waals surface area contributed by atoms with Crippen molar-refractivity contribution < 1.29 is 9.53 Å². The third-order valence-corrected chi connectivity index (χ3v) is 4.06. The summed E-state index contributed by atoms with van der Waals surface area (Å²) in [6.07, 6.45) is 3.70. The molecule has 1 amide bonds. The number of carbonyl (C=O) groups is 1. The van der Waals surface area contributed by atoms with Gasteiger partial charge in [-0.25, -0.2) is 0 Å². The second-order valence-corrected chi connectivity index (χ2v) is 5.79. The maximum absolute atomic E-state index is 12.2. The molecule has 0 aromatic rings. The third kappa shape index (κ3) is 6.68. The summed E-state index contributed by atoms with van der Waals surface area (Å²) in [4.78, 5) is 16.6. The van der Waals surface area contributed by atoms with Crippen LogP contribution < -0.4 is 5.73 Å². The van der Waals surface area contributed by atoms with Gasteiger partial charge in [0.1, 0.15) is 0 Å². The van der Waals surface area contributed by atoms with E-state index >= 15 is 0 Å². The summed E-state index contributed by atoms with van der Waals surface area (Å²) < 4.78 is 5.12. The third-order valence-electron chi connectivity index (χ3n) is 4.06. The fraction of sp³-hybridized carbons (Fsp3) is 0.933. The van der Waals surface area contributed by atoms with E-state index in [1.807, 2.05) is 4.90 Å². The molecule has 0 aliphatic carbocycles. The van der Waals surface area contributed by atoms with E-state index in [0.29, 0.717) is 24.8 Å². The number of rotatable bonds is 8. The van der Waals surface area contributed by atoms with Crippen molar-refractivity contribution in [2.24, 2.45) is 11.7 Å². The Hall–Kier alpha value is -0.650. The summed E-state index contributed by atoms with van der Waals surface area (Å²) in [6, 6.07) is 0. The van der Waals surface area contributed by atoms with Crippen LogP contribution in [0, 0.1) is 5.92 Å². The van der Waals surface area contributed by atoms with Gasteiger partial charge in [0, 0.05) is 39.7 Å². The molecule has 1 aliphatic heterocycles. The van der Waals surface area contributed by atoms with Crippen LogP contribution in [0.1, 0.15) is 32.6 Å². The van der Waals surface area contributed by atoms with Crippen molar-refractivity contribution >= 4 is 5.91 Å². The highest BCUT2D eigenvalue weighted by molar-refractivity contribution is 5.76. The molecule has 0 aromatic heterocycles. The zero-order valence-electron chi connectivity index (χ0n) is 13.1. The maximum atomic E-state index is 12.2. The highest BCUT2D eigenvalue weighted by Gasteiger charge is 2.19. The average molecular weight is 285 g/mol. The fourth-order valence-electron chi connectivity index (χ4n) is 2.62. The topological polar surface area (TPSA) is 58.8 Å². The van der Waals surface area contributed by atoms with Crippen LogP contribution >= 0.6 is 0 Å². The van der Waals surface area contributed by atoms with E-state index < -0.39 is 0 Å². The smallest absolute Gasteiger partial charge is 0.222 e. The Morgan fingerprint density at radius 3 is 2.75 bits per heavy atom. The lowest BCUT2D eigenvalue weighted by atomic mass is 10.0. The van der Waals surface area contributed by atoms with Crippen LogP contribution in [0.2, 0.25) is 0 Å². The van der Waals surface area contributed by atoms with Crippen LogP contribution in [-0.2, 0) is 9.53 Å². The predicted molar refractivity (Wildman–Crippen MR) is 81.6 cm³/mol. The summed E-state index contributed by atoms with van der Waals surface area (Å²) in [5.41, 5.74) is 5.54. The molecule has 1 saturated heterocycles. The first-order valence-electron chi connectivity index (χ1n) is 7.86. The molecule has 1 fully saturated rings. The van der Waals surface area contributed by atoms with Crippen LogP contribution in [-0.4, -0.2) is 68.7 Å². The lowest BCUT2D eigenvalue weighted by molar-refractivity contribution is -0.131. The second kappa shape index (κ2) is 10.1. The Bertz CT molecular complexity index is 274. The lowest BCUT2D eigenvalue weighted by Gasteiger charge is -2.22. The highest BCUT2D eigenvalue weighted by atomic mass is 16.5. The summed E-state index contributed by atoms with van der Waals surface area (Å²) in [5.74, 6) is 0.858. The minimum Gasteiger partial charge on any atom is -0.383 e. The molecule has 118 valence electrons. The molecule has 0 saturated carbocycles. The van der Waals surface area contributed by atoms with Gasteiger partial charge in [0.15, 0.2) is 0 Å². The van der Waals surface area contributed by atoms with Crippen molar-refractivity contribution in [2.45, 2.75) is 32.6 Å². The number of hydrogen-bond acceptors (Lipinski definition) is 4. The number of hydrogen-bond donors (Lipinski definition) is 1. The fourth-order valence-corrected chi connectivity index (χ4v) is 2.62. The second-order valence-electron chi connectivity index (χ2n) is 5.79. The van der Waals surface area contributed by atoms with Crippen LogP contribution in [0.3, 0.4) is 0 Å². The van der Waals surface area contributed by atoms with Crippen molar-refractivity contribution in [1.82, 2.24) is 9.80 Å². The monoisotopic (exact) mass is 285 g/mol. The zero-order chi connectivity index (χ0) is 14.8. The normalized spacial score (nSPS) is 18.9. The SMILES string of the molecule is COCCN1CCCN(C(=O)CCC(C)CCN)CC1. The summed E-state index contributed by atoms with van der Waals surface area (Å²) >= 11 is 0. The van der Waals surface area contributed by atoms with Crippen LogP contribution in [0.5, 0.6) is 0 Å². The minimum absolute atomic E-state index is 0.308. The van der Waals surface area contributed by atoms with Gasteiger partial charge in [0.2, 0.25) is 5.91 Å². The summed E-state index contributed by atoms with van der Waals surface area (Å²) in [5, 5.41) is 0. The number of methoxy groups -OCH3 is 1. The van der Waals surface area contributed by atoms with Gasteiger partial charge in [-0.15, -0.1) is 0 Å². The van der Waals surface area contributed by atoms with Gasteiger partial charge in [-0.1, -0.05) is 6.92 Å². The molecule has 1 aliphatic rings. The first kappa shape index (κ1) is 17.4. The first-order chi connectivity index (χ1) is 9.67. The number of nitrogens with two attached hydrogens (primary N) is 1. The molecule has 1 unspecified atom stereocenters. The molecule has 1 rings (SSSR count). The van der Waals surface area contributed by atoms with E-state index in [2.05, 4.69) is 11.8 Å². The van der Waals surface area contributed by atoms with Gasteiger partial charge in [0.05, 0.1) is 6.61 Å². The Labute approximate surface area is 123 Å². The largest absolute Gasteiger partial charge is 0.383 e. The Morgan fingerprint density at radius 1 is 1.25 bits per heavy atom. The minimum atomic E-state index is 0.308. The standard InChI is InChI=1S/C15H31N3O2/c1-14(6-7-16)4-5-15(19)18-9-3-8-17(10-11-18)12-13-20-2/h14H,3-13,16H2,1-2H3. The van der Waals surface area contributed by atoms with E-state index in [1.165, 1.54) is 0 Å². The van der Waals surface area contributed by atoms with E-state index in [0.717, 1.165) is 58.6 Å².